The minimum atomic E-state index is -0.0243. The van der Waals surface area contributed by atoms with Crippen molar-refractivity contribution < 1.29 is 9.53 Å². The summed E-state index contributed by atoms with van der Waals surface area (Å²) in [5.41, 5.74) is 0.904. The average molecular weight is 293 g/mol. The van der Waals surface area contributed by atoms with E-state index in [9.17, 15) is 4.79 Å². The second-order valence-corrected chi connectivity index (χ2v) is 5.57. The van der Waals surface area contributed by atoms with Gasteiger partial charge in [0.25, 0.3) is 5.91 Å². The van der Waals surface area contributed by atoms with E-state index in [0.717, 1.165) is 11.3 Å². The van der Waals surface area contributed by atoms with Gasteiger partial charge in [0, 0.05) is 12.1 Å². The Morgan fingerprint density at radius 3 is 2.74 bits per heavy atom. The maximum absolute atomic E-state index is 12.1. The van der Waals surface area contributed by atoms with Gasteiger partial charge in [-0.3, -0.25) is 9.69 Å². The molecule has 0 atom stereocenters. The lowest BCUT2D eigenvalue weighted by molar-refractivity contribution is -0.121. The van der Waals surface area contributed by atoms with Crippen LogP contribution in [0.25, 0.3) is 6.08 Å². The van der Waals surface area contributed by atoms with Crippen molar-refractivity contribution in [3.63, 3.8) is 0 Å². The van der Waals surface area contributed by atoms with E-state index < -0.39 is 0 Å². The smallest absolute Gasteiger partial charge is 0.266 e. The summed E-state index contributed by atoms with van der Waals surface area (Å²) in [5.74, 6) is 0.760. The van der Waals surface area contributed by atoms with E-state index in [1.807, 2.05) is 44.2 Å². The molecule has 2 rings (SSSR count). The molecule has 100 valence electrons. The van der Waals surface area contributed by atoms with Gasteiger partial charge in [-0.2, -0.15) is 0 Å². The Hall–Kier alpha value is -1.33. The molecule has 0 unspecified atom stereocenters. The van der Waals surface area contributed by atoms with Crippen LogP contribution in [-0.4, -0.2) is 28.3 Å². The number of hydrogen-bond donors (Lipinski definition) is 0. The highest BCUT2D eigenvalue weighted by Crippen LogP contribution is 2.33. The normalized spacial score (nSPS) is 17.4. The Kier molecular flexibility index (Phi) is 4.61. The zero-order valence-electron chi connectivity index (χ0n) is 10.9. The Morgan fingerprint density at radius 2 is 2.11 bits per heavy atom. The van der Waals surface area contributed by atoms with Crippen LogP contribution in [0.1, 0.15) is 19.4 Å². The lowest BCUT2D eigenvalue weighted by Gasteiger charge is -2.10. The van der Waals surface area contributed by atoms with Crippen LogP contribution in [0.2, 0.25) is 0 Å². The highest BCUT2D eigenvalue weighted by molar-refractivity contribution is 8.26. The van der Waals surface area contributed by atoms with Crippen molar-refractivity contribution in [3.05, 3.63) is 34.7 Å². The summed E-state index contributed by atoms with van der Waals surface area (Å²) in [6, 6.07) is 7.67. The van der Waals surface area contributed by atoms with Gasteiger partial charge >= 0.3 is 0 Å². The van der Waals surface area contributed by atoms with E-state index >= 15 is 0 Å². The molecule has 1 aromatic carbocycles. The van der Waals surface area contributed by atoms with Crippen molar-refractivity contribution in [2.24, 2.45) is 0 Å². The molecule has 1 heterocycles. The van der Waals surface area contributed by atoms with E-state index in [2.05, 4.69) is 0 Å². The fraction of sp³-hybridized carbons (Fsp3) is 0.286. The number of nitrogens with zero attached hydrogens (tertiary/aromatic N) is 1. The average Bonchev–Trinajstić information content (AvgIpc) is 2.67. The Morgan fingerprint density at radius 1 is 1.37 bits per heavy atom. The molecule has 1 aromatic rings. The quantitative estimate of drug-likeness (QED) is 0.629. The number of likely N-dealkylation sites (N-methyl/N-ethyl adjacent to an activating group) is 1. The molecule has 0 radical (unpaired) electrons. The summed E-state index contributed by atoms with van der Waals surface area (Å²) >= 11 is 6.53. The Bertz CT molecular complexity index is 540. The van der Waals surface area contributed by atoms with Crippen LogP contribution < -0.4 is 4.74 Å². The minimum absolute atomic E-state index is 0.0243. The number of benzene rings is 1. The third kappa shape index (κ3) is 2.98. The number of amides is 1. The van der Waals surface area contributed by atoms with Crippen LogP contribution in [0.15, 0.2) is 29.2 Å². The molecule has 0 spiro atoms. The number of hydrogen-bond acceptors (Lipinski definition) is 4. The topological polar surface area (TPSA) is 29.5 Å². The molecular formula is C14H15NO2S2. The van der Waals surface area contributed by atoms with Gasteiger partial charge in [-0.05, 0) is 26.0 Å². The van der Waals surface area contributed by atoms with Gasteiger partial charge in [0.15, 0.2) is 0 Å². The molecule has 19 heavy (non-hydrogen) atoms. The van der Waals surface area contributed by atoms with Crippen molar-refractivity contribution in [1.82, 2.24) is 4.90 Å². The van der Waals surface area contributed by atoms with E-state index in [-0.39, 0.29) is 5.91 Å². The molecule has 0 aliphatic carbocycles. The molecule has 0 aromatic heterocycles. The largest absolute Gasteiger partial charge is 0.493 e. The lowest BCUT2D eigenvalue weighted by atomic mass is 10.2. The molecule has 0 N–H and O–H groups in total. The number of thioether (sulfide) groups is 1. The van der Waals surface area contributed by atoms with Gasteiger partial charge in [0.05, 0.1) is 11.5 Å². The van der Waals surface area contributed by atoms with E-state index in [4.69, 9.17) is 17.0 Å². The molecule has 1 aliphatic heterocycles. The van der Waals surface area contributed by atoms with Gasteiger partial charge in [-0.1, -0.05) is 42.2 Å². The molecule has 1 fully saturated rings. The third-order valence-corrected chi connectivity index (χ3v) is 4.07. The molecule has 1 saturated heterocycles. The SMILES string of the molecule is CCOc1ccccc1/C=C1\SC(=S)N(CC)C1=O. The van der Waals surface area contributed by atoms with E-state index in [0.29, 0.717) is 22.4 Å². The van der Waals surface area contributed by atoms with Crippen molar-refractivity contribution >= 4 is 40.3 Å². The summed E-state index contributed by atoms with van der Waals surface area (Å²) in [5, 5.41) is 0. The van der Waals surface area contributed by atoms with Gasteiger partial charge in [0.1, 0.15) is 10.1 Å². The van der Waals surface area contributed by atoms with Gasteiger partial charge in [-0.15, -0.1) is 0 Å². The van der Waals surface area contributed by atoms with E-state index in [1.54, 1.807) is 4.90 Å². The maximum atomic E-state index is 12.1. The number of thiocarbonyl (C=S) groups is 1. The molecule has 0 saturated carbocycles. The molecule has 5 heteroatoms. The van der Waals surface area contributed by atoms with Crippen LogP contribution in [-0.2, 0) is 4.79 Å². The number of rotatable bonds is 4. The number of ether oxygens (including phenoxy) is 1. The van der Waals surface area contributed by atoms with Crippen molar-refractivity contribution in [2.45, 2.75) is 13.8 Å². The van der Waals surface area contributed by atoms with Crippen molar-refractivity contribution in [1.29, 1.82) is 0 Å². The second kappa shape index (κ2) is 6.21. The van der Waals surface area contributed by atoms with Crippen LogP contribution in [0, 0.1) is 0 Å². The van der Waals surface area contributed by atoms with Gasteiger partial charge in [0.2, 0.25) is 0 Å². The summed E-state index contributed by atoms with van der Waals surface area (Å²) in [6.45, 7) is 5.06. The minimum Gasteiger partial charge on any atom is -0.493 e. The first-order valence-corrected chi connectivity index (χ1v) is 7.37. The summed E-state index contributed by atoms with van der Waals surface area (Å²) in [4.78, 5) is 14.4. The predicted molar refractivity (Wildman–Crippen MR) is 83.2 cm³/mol. The Labute approximate surface area is 122 Å². The standard InChI is InChI=1S/C14H15NO2S2/c1-3-15-13(16)12(19-14(15)18)9-10-7-5-6-8-11(10)17-4-2/h5-9H,3-4H2,1-2H3/b12-9-. The summed E-state index contributed by atoms with van der Waals surface area (Å²) < 4.78 is 6.17. The Balaban J connectivity index is 2.32. The van der Waals surface area contributed by atoms with Crippen molar-refractivity contribution in [2.75, 3.05) is 13.2 Å². The number of para-hydroxylation sites is 1. The molecule has 1 aliphatic rings. The second-order valence-electron chi connectivity index (χ2n) is 3.90. The number of carbonyl (C=O) groups is 1. The van der Waals surface area contributed by atoms with Crippen LogP contribution >= 0.6 is 24.0 Å². The monoisotopic (exact) mass is 293 g/mol. The molecule has 0 bridgehead atoms. The predicted octanol–water partition coefficient (Wildman–Crippen LogP) is 3.31. The highest BCUT2D eigenvalue weighted by atomic mass is 32.2. The van der Waals surface area contributed by atoms with Crippen LogP contribution in [0.5, 0.6) is 5.75 Å². The zero-order chi connectivity index (χ0) is 13.8. The molecule has 3 nitrogen and oxygen atoms in total. The van der Waals surface area contributed by atoms with E-state index in [1.165, 1.54) is 11.8 Å². The first-order chi connectivity index (χ1) is 9.17. The van der Waals surface area contributed by atoms with Crippen molar-refractivity contribution in [3.8, 4) is 5.75 Å². The fourth-order valence-electron chi connectivity index (χ4n) is 1.80. The van der Waals surface area contributed by atoms with Crippen LogP contribution in [0.4, 0.5) is 0 Å². The third-order valence-electron chi connectivity index (χ3n) is 2.70. The van der Waals surface area contributed by atoms with Gasteiger partial charge in [-0.25, -0.2) is 0 Å². The molecule has 1 amide bonds. The first kappa shape index (κ1) is 14.1. The first-order valence-electron chi connectivity index (χ1n) is 6.14. The fourth-order valence-corrected chi connectivity index (χ4v) is 3.18. The zero-order valence-corrected chi connectivity index (χ0v) is 12.5. The van der Waals surface area contributed by atoms with Gasteiger partial charge < -0.3 is 4.74 Å². The maximum Gasteiger partial charge on any atom is 0.266 e. The molecular weight excluding hydrogens is 278 g/mol. The summed E-state index contributed by atoms with van der Waals surface area (Å²) in [6.07, 6.45) is 1.85. The number of carbonyl (C=O) groups excluding carboxylic acids is 1. The van der Waals surface area contributed by atoms with Crippen LogP contribution in [0.3, 0.4) is 0 Å². The lowest BCUT2D eigenvalue weighted by Crippen LogP contribution is -2.27. The summed E-state index contributed by atoms with van der Waals surface area (Å²) in [7, 11) is 0. The highest BCUT2D eigenvalue weighted by Gasteiger charge is 2.30.